The molecule has 0 bridgehead atoms. The van der Waals surface area contributed by atoms with Gasteiger partial charge in [-0.25, -0.2) is 0 Å². The van der Waals surface area contributed by atoms with E-state index < -0.39 is 0 Å². The molecule has 0 saturated carbocycles. The third-order valence-electron chi connectivity index (χ3n) is 4.26. The lowest BCUT2D eigenvalue weighted by atomic mass is 10.1. The van der Waals surface area contributed by atoms with Crippen molar-refractivity contribution >= 4 is 17.2 Å². The minimum atomic E-state index is 0.284. The maximum atomic E-state index is 5.90. The monoisotopic (exact) mass is 305 g/mol. The highest BCUT2D eigenvalue weighted by atomic mass is 32.1. The number of hydrogen-bond acceptors (Lipinski definition) is 3. The van der Waals surface area contributed by atoms with Crippen molar-refractivity contribution in [3.8, 4) is 0 Å². The zero-order valence-electron chi connectivity index (χ0n) is 13.2. The number of rotatable bonds is 6. The van der Waals surface area contributed by atoms with Crippen LogP contribution < -0.4 is 5.73 Å². The average Bonchev–Trinajstić information content (AvgIpc) is 2.48. The number of aryl methyl sites for hydroxylation is 1. The molecule has 2 rings (SSSR count). The van der Waals surface area contributed by atoms with E-state index >= 15 is 0 Å². The van der Waals surface area contributed by atoms with E-state index in [2.05, 4.69) is 47.9 Å². The maximum absolute atomic E-state index is 5.90. The third kappa shape index (κ3) is 4.77. The maximum Gasteiger partial charge on any atom is 0.0902 e. The predicted molar refractivity (Wildman–Crippen MR) is 93.5 cm³/mol. The van der Waals surface area contributed by atoms with E-state index in [1.54, 1.807) is 0 Å². The van der Waals surface area contributed by atoms with Crippen molar-refractivity contribution in [3.63, 3.8) is 0 Å². The highest BCUT2D eigenvalue weighted by Gasteiger charge is 2.24. The molecule has 116 valence electrons. The molecule has 1 atom stereocenters. The molecule has 3 nitrogen and oxygen atoms in total. The molecule has 0 aliphatic carbocycles. The van der Waals surface area contributed by atoms with Crippen molar-refractivity contribution in [2.75, 3.05) is 26.2 Å². The predicted octanol–water partition coefficient (Wildman–Crippen LogP) is 2.57. The molecule has 1 unspecified atom stereocenters. The van der Waals surface area contributed by atoms with Crippen LogP contribution in [0.2, 0.25) is 0 Å². The van der Waals surface area contributed by atoms with E-state index in [9.17, 15) is 0 Å². The van der Waals surface area contributed by atoms with Gasteiger partial charge in [0.15, 0.2) is 0 Å². The van der Waals surface area contributed by atoms with Gasteiger partial charge >= 0.3 is 0 Å². The molecule has 1 aliphatic heterocycles. The largest absolute Gasteiger partial charge is 0.392 e. The molecule has 1 saturated heterocycles. The third-order valence-corrected chi connectivity index (χ3v) is 4.54. The lowest BCUT2D eigenvalue weighted by Crippen LogP contribution is -2.53. The first kappa shape index (κ1) is 16.4. The quantitative estimate of drug-likeness (QED) is 0.819. The number of hydrogen-bond donors (Lipinski definition) is 1. The summed E-state index contributed by atoms with van der Waals surface area (Å²) in [5.74, 6) is 0. The molecule has 2 N–H and O–H groups in total. The molecule has 1 aliphatic rings. The van der Waals surface area contributed by atoms with Gasteiger partial charge in [0.25, 0.3) is 0 Å². The van der Waals surface area contributed by atoms with E-state index in [4.69, 9.17) is 18.0 Å². The Bertz CT molecular complexity index is 450. The van der Waals surface area contributed by atoms with Gasteiger partial charge in [-0.3, -0.25) is 9.80 Å². The van der Waals surface area contributed by atoms with Gasteiger partial charge in [0.1, 0.15) is 0 Å². The Morgan fingerprint density at radius 1 is 1.19 bits per heavy atom. The summed E-state index contributed by atoms with van der Waals surface area (Å²) < 4.78 is 0. The second-order valence-corrected chi connectivity index (χ2v) is 6.48. The number of piperazine rings is 1. The van der Waals surface area contributed by atoms with Crippen molar-refractivity contribution < 1.29 is 0 Å². The zero-order chi connectivity index (χ0) is 15.2. The zero-order valence-corrected chi connectivity index (χ0v) is 14.0. The van der Waals surface area contributed by atoms with Gasteiger partial charge in [-0.2, -0.15) is 0 Å². The fourth-order valence-corrected chi connectivity index (χ4v) is 3.23. The molecule has 1 aromatic carbocycles. The van der Waals surface area contributed by atoms with Gasteiger partial charge in [0, 0.05) is 32.7 Å². The Morgan fingerprint density at radius 2 is 1.81 bits per heavy atom. The van der Waals surface area contributed by atoms with E-state index in [0.717, 1.165) is 45.6 Å². The molecule has 0 amide bonds. The lowest BCUT2D eigenvalue weighted by Gasteiger charge is -2.39. The summed E-state index contributed by atoms with van der Waals surface area (Å²) >= 11 is 5.23. The average molecular weight is 305 g/mol. The standard InChI is InChI=1S/C17H27N3S/c1-3-4-16(17(18)21)20-11-9-19(10-12-20)13-15-7-5-14(2)6-8-15/h5-8,16H,3-4,9-13H2,1-2H3,(H2,18,21). The summed E-state index contributed by atoms with van der Waals surface area (Å²) in [4.78, 5) is 5.63. The van der Waals surface area contributed by atoms with Crippen LogP contribution in [-0.4, -0.2) is 47.0 Å². The molecule has 21 heavy (non-hydrogen) atoms. The first-order valence-corrected chi connectivity index (χ1v) is 8.32. The normalized spacial score (nSPS) is 18.6. The highest BCUT2D eigenvalue weighted by molar-refractivity contribution is 7.80. The molecular formula is C17H27N3S. The van der Waals surface area contributed by atoms with Gasteiger partial charge in [-0.15, -0.1) is 0 Å². The Hall–Kier alpha value is -0.970. The summed E-state index contributed by atoms with van der Waals surface area (Å²) in [6, 6.07) is 9.13. The summed E-state index contributed by atoms with van der Waals surface area (Å²) in [6.45, 7) is 9.68. The molecule has 0 spiro atoms. The summed E-state index contributed by atoms with van der Waals surface area (Å²) in [6.07, 6.45) is 2.21. The number of nitrogens with zero attached hydrogens (tertiary/aromatic N) is 2. The van der Waals surface area contributed by atoms with Crippen molar-refractivity contribution in [3.05, 3.63) is 35.4 Å². The Balaban J connectivity index is 1.85. The summed E-state index contributed by atoms with van der Waals surface area (Å²) in [5.41, 5.74) is 8.62. The fraction of sp³-hybridized carbons (Fsp3) is 0.588. The van der Waals surface area contributed by atoms with Crippen molar-refractivity contribution in [2.24, 2.45) is 5.73 Å². The van der Waals surface area contributed by atoms with E-state index in [-0.39, 0.29) is 6.04 Å². The first-order chi connectivity index (χ1) is 10.1. The van der Waals surface area contributed by atoms with E-state index in [0.29, 0.717) is 4.99 Å². The van der Waals surface area contributed by atoms with Crippen LogP contribution in [0.25, 0.3) is 0 Å². The van der Waals surface area contributed by atoms with Crippen LogP contribution in [0.5, 0.6) is 0 Å². The summed E-state index contributed by atoms with van der Waals surface area (Å²) in [5, 5.41) is 0. The highest BCUT2D eigenvalue weighted by Crippen LogP contribution is 2.14. The van der Waals surface area contributed by atoms with Crippen LogP contribution in [0, 0.1) is 6.92 Å². The van der Waals surface area contributed by atoms with Crippen LogP contribution in [0.15, 0.2) is 24.3 Å². The molecule has 0 aromatic heterocycles. The van der Waals surface area contributed by atoms with Gasteiger partial charge in [0.05, 0.1) is 11.0 Å². The molecular weight excluding hydrogens is 278 g/mol. The van der Waals surface area contributed by atoms with Crippen LogP contribution in [0.4, 0.5) is 0 Å². The Morgan fingerprint density at radius 3 is 2.33 bits per heavy atom. The number of nitrogens with two attached hydrogens (primary N) is 1. The smallest absolute Gasteiger partial charge is 0.0902 e. The molecule has 0 radical (unpaired) electrons. The van der Waals surface area contributed by atoms with Gasteiger partial charge in [0.2, 0.25) is 0 Å². The van der Waals surface area contributed by atoms with Gasteiger partial charge in [-0.05, 0) is 18.9 Å². The summed E-state index contributed by atoms with van der Waals surface area (Å²) in [7, 11) is 0. The van der Waals surface area contributed by atoms with Crippen molar-refractivity contribution in [1.29, 1.82) is 0 Å². The van der Waals surface area contributed by atoms with Crippen molar-refractivity contribution in [1.82, 2.24) is 9.80 Å². The molecule has 4 heteroatoms. The number of benzene rings is 1. The minimum absolute atomic E-state index is 0.284. The second kappa shape index (κ2) is 7.87. The molecule has 1 fully saturated rings. The molecule has 1 heterocycles. The topological polar surface area (TPSA) is 32.5 Å². The van der Waals surface area contributed by atoms with Crippen LogP contribution >= 0.6 is 12.2 Å². The van der Waals surface area contributed by atoms with E-state index in [1.165, 1.54) is 11.1 Å². The first-order valence-electron chi connectivity index (χ1n) is 7.91. The SMILES string of the molecule is CCCC(C(N)=S)N1CCN(Cc2ccc(C)cc2)CC1. The second-order valence-electron chi connectivity index (χ2n) is 6.00. The Labute approximate surface area is 134 Å². The van der Waals surface area contributed by atoms with Gasteiger partial charge < -0.3 is 5.73 Å². The lowest BCUT2D eigenvalue weighted by molar-refractivity contribution is 0.110. The number of thiocarbonyl (C=S) groups is 1. The van der Waals surface area contributed by atoms with Crippen LogP contribution in [0.1, 0.15) is 30.9 Å². The molecule has 1 aromatic rings. The fourth-order valence-electron chi connectivity index (χ4n) is 2.96. The van der Waals surface area contributed by atoms with E-state index in [1.807, 2.05) is 0 Å². The van der Waals surface area contributed by atoms with Gasteiger partial charge in [-0.1, -0.05) is 55.4 Å². The Kier molecular flexibility index (Phi) is 6.15. The van der Waals surface area contributed by atoms with Crippen LogP contribution in [0.3, 0.4) is 0 Å². The van der Waals surface area contributed by atoms with Crippen LogP contribution in [-0.2, 0) is 6.54 Å². The minimum Gasteiger partial charge on any atom is -0.392 e. The van der Waals surface area contributed by atoms with Crippen molar-refractivity contribution in [2.45, 2.75) is 39.3 Å².